The first kappa shape index (κ1) is 64.0. The number of hydrogen-bond acceptors (Lipinski definition) is 15. The van der Waals surface area contributed by atoms with Crippen LogP contribution in [0.25, 0.3) is 5.57 Å². The summed E-state index contributed by atoms with van der Waals surface area (Å²) in [6, 6.07) is 18.3. The Hall–Kier alpha value is -6.03. The number of carbonyl (C=O) groups is 2. The van der Waals surface area contributed by atoms with Gasteiger partial charge in [0.2, 0.25) is 5.36 Å². The van der Waals surface area contributed by atoms with E-state index in [0.717, 1.165) is 24.3 Å². The molecule has 0 fully saturated rings. The molecule has 454 valence electrons. The molecule has 2 unspecified atom stereocenters. The Labute approximate surface area is 486 Å². The quantitative estimate of drug-likeness (QED) is 0.0469. The van der Waals surface area contributed by atoms with Gasteiger partial charge >= 0.3 is 5.97 Å². The van der Waals surface area contributed by atoms with Gasteiger partial charge in [0.25, 0.3) is 66.6 Å². The predicted molar refractivity (Wildman–Crippen MR) is 305 cm³/mol. The van der Waals surface area contributed by atoms with Gasteiger partial charge in [-0.25, -0.2) is 4.58 Å². The molecule has 7 N–H and O–H groups in total. The second kappa shape index (κ2) is 21.7. The van der Waals surface area contributed by atoms with Gasteiger partial charge in [-0.3, -0.25) is 36.9 Å². The second-order valence-corrected chi connectivity index (χ2v) is 31.8. The number of hydrogen-bond donors (Lipinski definition) is 7. The molecule has 2 heterocycles. The summed E-state index contributed by atoms with van der Waals surface area (Å²) in [6.07, 6.45) is -0.295. The van der Waals surface area contributed by atoms with E-state index in [4.69, 9.17) is 0 Å². The third kappa shape index (κ3) is 13.0. The molecule has 2 aliphatic heterocycles. The lowest BCUT2D eigenvalue weighted by Crippen LogP contribution is -2.54. The van der Waals surface area contributed by atoms with Crippen molar-refractivity contribution in [2.45, 2.75) is 128 Å². The molecule has 0 saturated heterocycles. The van der Waals surface area contributed by atoms with Gasteiger partial charge in [-0.15, -0.1) is 0 Å². The number of aliphatic carboxylic acids is 1. The molecule has 0 spiro atoms. The van der Waals surface area contributed by atoms with Crippen LogP contribution in [0, 0.1) is 0 Å². The van der Waals surface area contributed by atoms with Crippen LogP contribution < -0.4 is 20.1 Å². The van der Waals surface area contributed by atoms with Gasteiger partial charge in [0.1, 0.15) is 9.79 Å². The van der Waals surface area contributed by atoms with Crippen molar-refractivity contribution < 1.29 is 92.5 Å². The van der Waals surface area contributed by atoms with E-state index in [1.165, 1.54) is 18.0 Å². The summed E-state index contributed by atoms with van der Waals surface area (Å²) < 4.78 is 217. The molecule has 0 saturated carbocycles. The van der Waals surface area contributed by atoms with Crippen molar-refractivity contribution >= 4 is 83.8 Å². The smallest absolute Gasteiger partial charge is 0.303 e. The molecule has 2 atom stereocenters. The topological polar surface area (TPSA) is 390 Å². The summed E-state index contributed by atoms with van der Waals surface area (Å²) in [7, 11) is -28.6. The number of carboxylic acid groups (broad SMARTS) is 1. The number of fused-ring (bicyclic) bond motifs is 4. The van der Waals surface area contributed by atoms with Crippen molar-refractivity contribution in [1.82, 2.24) is 9.48 Å². The highest BCUT2D eigenvalue weighted by Gasteiger charge is 2.47. The van der Waals surface area contributed by atoms with Crippen LogP contribution in [0.3, 0.4) is 0 Å². The third-order valence-corrected chi connectivity index (χ3v) is 21.2. The first-order valence-corrected chi connectivity index (χ1v) is 34.7. The molecular weight excluding hydrogens is 1220 g/mol. The number of nitrogens with zero attached hydrogens (tertiary/aromatic N) is 3. The van der Waals surface area contributed by atoms with E-state index in [0.29, 0.717) is 39.6 Å². The number of rotatable bonds is 18. The largest absolute Gasteiger partial charge is 0.481 e. The molecule has 30 heteroatoms. The molecule has 5 aromatic carbocycles. The maximum Gasteiger partial charge on any atom is 0.303 e. The second-order valence-electron chi connectivity index (χ2n) is 23.2. The fourth-order valence-electron chi connectivity index (χ4n) is 12.2. The summed E-state index contributed by atoms with van der Waals surface area (Å²) in [5.74, 6) is -5.40. The monoisotopic (exact) mass is 1280 g/mol. The summed E-state index contributed by atoms with van der Waals surface area (Å²) in [6.45, 7) is 9.60. The normalized spacial score (nSPS) is 18.5. The summed E-state index contributed by atoms with van der Waals surface area (Å²) >= 11 is 0. The van der Waals surface area contributed by atoms with Gasteiger partial charge in [0, 0.05) is 84.2 Å². The molecular formula is C54H62N3O21S6+. The first-order chi connectivity index (χ1) is 38.3. The summed E-state index contributed by atoms with van der Waals surface area (Å²) in [5.41, 5.74) is -1.20. The van der Waals surface area contributed by atoms with Crippen molar-refractivity contribution in [3.63, 3.8) is 0 Å². The molecule has 84 heavy (non-hydrogen) atoms. The lowest BCUT2D eigenvalue weighted by Gasteiger charge is -2.49. The van der Waals surface area contributed by atoms with Crippen LogP contribution in [0.15, 0.2) is 105 Å². The molecule has 5 aromatic rings. The summed E-state index contributed by atoms with van der Waals surface area (Å²) in [4.78, 5) is 25.9. The highest BCUT2D eigenvalue weighted by Crippen LogP contribution is 2.51. The van der Waals surface area contributed by atoms with E-state index in [1.54, 1.807) is 79.6 Å². The van der Waals surface area contributed by atoms with E-state index in [-0.39, 0.29) is 76.7 Å². The van der Waals surface area contributed by atoms with E-state index in [9.17, 15) is 92.5 Å². The van der Waals surface area contributed by atoms with E-state index < -0.39 is 145 Å². The average Bonchev–Trinajstić information content (AvgIpc) is 0.719. The molecule has 0 aromatic heterocycles. The van der Waals surface area contributed by atoms with Crippen molar-refractivity contribution in [2.24, 2.45) is 0 Å². The molecule has 0 bridgehead atoms. The average molecular weight is 1280 g/mol. The molecule has 1 amide bonds. The van der Waals surface area contributed by atoms with Gasteiger partial charge in [-0.05, 0) is 139 Å². The maximum atomic E-state index is 14.8. The molecule has 24 nitrogen and oxygen atoms in total. The van der Waals surface area contributed by atoms with Gasteiger partial charge in [-0.1, -0.05) is 38.1 Å². The molecule has 3 aliphatic rings. The number of carboxylic acids is 1. The van der Waals surface area contributed by atoms with Crippen LogP contribution in [0.5, 0.6) is 0 Å². The number of carbonyl (C=O) groups excluding carboxylic acids is 1. The minimum atomic E-state index is -5.22. The number of anilines is 1. The van der Waals surface area contributed by atoms with Crippen LogP contribution in [0.4, 0.5) is 5.69 Å². The maximum absolute atomic E-state index is 14.8. The SMILES string of the molecule is CN(CCCC(=O)O)C(=O)c1ccccc1C1=c2cc3c(cc2C(C)(C)c2cc4c(cc21)C(CS(=O)(=O)O)CC(C)(C)N4Cc1ccc(S(=O)(=O)O)cc1S(=O)(=O)O)=[N+](Cc1ccc(S(=O)(=O)O)cc1S(=O)(=O)O)C(C)(C)CC3CS(=O)(=O)O. The Morgan fingerprint density at radius 1 is 0.619 bits per heavy atom. The first-order valence-electron chi connectivity index (χ1n) is 25.7. The van der Waals surface area contributed by atoms with Crippen molar-refractivity contribution in [3.05, 3.63) is 146 Å². The van der Waals surface area contributed by atoms with Crippen molar-refractivity contribution in [1.29, 1.82) is 0 Å². The van der Waals surface area contributed by atoms with Gasteiger partial charge < -0.3 is 14.9 Å². The van der Waals surface area contributed by atoms with E-state index in [2.05, 4.69) is 0 Å². The van der Waals surface area contributed by atoms with Gasteiger partial charge in [0.05, 0.1) is 21.3 Å². The van der Waals surface area contributed by atoms with E-state index in [1.807, 2.05) is 13.8 Å². The summed E-state index contributed by atoms with van der Waals surface area (Å²) in [5, 5.41) is 10.1. The number of benzene rings is 5. The Morgan fingerprint density at radius 3 is 1.69 bits per heavy atom. The van der Waals surface area contributed by atoms with Crippen molar-refractivity contribution in [2.75, 3.05) is 30.0 Å². The minimum absolute atomic E-state index is 0.00242. The molecule has 0 radical (unpaired) electrons. The Bertz CT molecular complexity index is 4490. The zero-order valence-electron chi connectivity index (χ0n) is 46.2. The van der Waals surface area contributed by atoms with E-state index >= 15 is 0 Å². The van der Waals surface area contributed by atoms with Crippen LogP contribution in [-0.2, 0) is 84.0 Å². The van der Waals surface area contributed by atoms with Gasteiger partial charge in [0.15, 0.2) is 12.1 Å². The lowest BCUT2D eigenvalue weighted by molar-refractivity contribution is -0.137. The van der Waals surface area contributed by atoms with Crippen LogP contribution in [0.1, 0.15) is 134 Å². The van der Waals surface area contributed by atoms with Gasteiger partial charge in [-0.2, -0.15) is 50.5 Å². The minimum Gasteiger partial charge on any atom is -0.481 e. The zero-order valence-corrected chi connectivity index (χ0v) is 51.1. The highest BCUT2D eigenvalue weighted by atomic mass is 32.2. The highest BCUT2D eigenvalue weighted by molar-refractivity contribution is 7.87. The Balaban J connectivity index is 1.54. The fraction of sp³-hybridized carbons (Fsp3) is 0.389. The third-order valence-electron chi connectivity index (χ3n) is 16.0. The van der Waals surface area contributed by atoms with Crippen LogP contribution in [-0.4, -0.2) is 136 Å². The standard InChI is InChI=1S/C54H61N3O21S6/c1-52(2)25-33(29-79(61,62)63)39-21-41-43(23-45(39)56(52)27-31-14-16-35(81(67,68)69)19-47(31)83(73,74)75)54(5,6)44-24-46-40(22-42(44)50(41)37-11-8-9-12-38(37)51(60)55(7)18-10-13-49(58)59)34(30-80(64,65)66)26-53(3,4)57(46)28-32-15-17-36(82(70,71)72)20-48(32)84(76,77)78/h8-9,11-12,14-17,19-24,33-34H,10,13,18,25-30H2,1-7H3,(H6-,58,59,61,62,63,64,65,66,67,68,69,70,71,72,73,74,75,76,77,78)/p+1. The fourth-order valence-corrected chi connectivity index (χ4v) is 16.5. The van der Waals surface area contributed by atoms with Crippen molar-refractivity contribution in [3.8, 4) is 0 Å². The number of amides is 1. The zero-order chi connectivity index (χ0) is 62.6. The molecule has 1 aliphatic carbocycles. The van der Waals surface area contributed by atoms with Crippen LogP contribution >= 0.6 is 0 Å². The predicted octanol–water partition coefficient (Wildman–Crippen LogP) is 4.50. The Morgan fingerprint density at radius 2 is 1.15 bits per heavy atom. The lowest BCUT2D eigenvalue weighted by atomic mass is 9.66. The Kier molecular flexibility index (Phi) is 16.6. The van der Waals surface area contributed by atoms with Crippen LogP contribution in [0.2, 0.25) is 0 Å². The molecule has 8 rings (SSSR count).